The summed E-state index contributed by atoms with van der Waals surface area (Å²) in [5.74, 6) is 2.72. The number of hydrogen-bond acceptors (Lipinski definition) is 1. The fourth-order valence-electron chi connectivity index (χ4n) is 1.69. The summed E-state index contributed by atoms with van der Waals surface area (Å²) in [5, 5.41) is 0. The van der Waals surface area contributed by atoms with Gasteiger partial charge in [-0.3, -0.25) is 0 Å². The van der Waals surface area contributed by atoms with E-state index in [0.29, 0.717) is 6.54 Å². The van der Waals surface area contributed by atoms with E-state index < -0.39 is 0 Å². The van der Waals surface area contributed by atoms with Crippen LogP contribution in [0, 0.1) is 12.3 Å². The second kappa shape index (κ2) is 4.30. The second-order valence-electron chi connectivity index (χ2n) is 4.11. The number of rotatable bonds is 3. The topological polar surface area (TPSA) is 26.0 Å². The molecule has 0 unspecified atom stereocenters. The van der Waals surface area contributed by atoms with E-state index in [9.17, 15) is 0 Å². The molecule has 0 atom stereocenters. The molecule has 74 valence electrons. The molecule has 1 aromatic rings. The van der Waals surface area contributed by atoms with Crippen LogP contribution < -0.4 is 5.73 Å². The molecule has 0 radical (unpaired) electrons. The summed E-state index contributed by atoms with van der Waals surface area (Å²) in [6.45, 7) is 5.04. The molecule has 0 aliphatic carbocycles. The van der Waals surface area contributed by atoms with Crippen LogP contribution >= 0.6 is 0 Å². The van der Waals surface area contributed by atoms with Gasteiger partial charge in [0.15, 0.2) is 0 Å². The molecule has 1 rings (SSSR count). The molecule has 0 fully saturated rings. The third-order valence-corrected chi connectivity index (χ3v) is 2.58. The first kappa shape index (κ1) is 10.8. The van der Waals surface area contributed by atoms with Crippen molar-refractivity contribution >= 4 is 0 Å². The highest BCUT2D eigenvalue weighted by Gasteiger charge is 2.21. The van der Waals surface area contributed by atoms with Gasteiger partial charge in [0.2, 0.25) is 0 Å². The van der Waals surface area contributed by atoms with Gasteiger partial charge in [0.1, 0.15) is 0 Å². The van der Waals surface area contributed by atoms with Crippen LogP contribution in [-0.2, 0) is 5.41 Å². The summed E-state index contributed by atoms with van der Waals surface area (Å²) >= 11 is 0. The van der Waals surface area contributed by atoms with Crippen LogP contribution in [0.3, 0.4) is 0 Å². The van der Waals surface area contributed by atoms with Gasteiger partial charge in [-0.25, -0.2) is 0 Å². The Bertz CT molecular complexity index is 344. The normalized spacial score (nSPS) is 11.0. The van der Waals surface area contributed by atoms with Crippen molar-refractivity contribution in [1.29, 1.82) is 0 Å². The minimum Gasteiger partial charge on any atom is -0.330 e. The SMILES string of the molecule is C#Cc1ccccc1C(C)(C)CCN. The lowest BCUT2D eigenvalue weighted by Crippen LogP contribution is -2.22. The Morgan fingerprint density at radius 2 is 2.00 bits per heavy atom. The molecule has 1 nitrogen and oxygen atoms in total. The number of benzene rings is 1. The number of terminal acetylenes is 1. The first-order chi connectivity index (χ1) is 6.61. The van der Waals surface area contributed by atoms with Gasteiger partial charge in [-0.05, 0) is 30.0 Å². The van der Waals surface area contributed by atoms with Crippen molar-refractivity contribution in [3.63, 3.8) is 0 Å². The molecular formula is C13H17N. The Morgan fingerprint density at radius 1 is 1.36 bits per heavy atom. The van der Waals surface area contributed by atoms with Crippen LogP contribution in [0.15, 0.2) is 24.3 Å². The molecule has 14 heavy (non-hydrogen) atoms. The highest BCUT2D eigenvalue weighted by molar-refractivity contribution is 5.43. The van der Waals surface area contributed by atoms with E-state index >= 15 is 0 Å². The summed E-state index contributed by atoms with van der Waals surface area (Å²) in [5.41, 5.74) is 7.85. The van der Waals surface area contributed by atoms with E-state index in [4.69, 9.17) is 12.2 Å². The zero-order valence-electron chi connectivity index (χ0n) is 8.88. The Morgan fingerprint density at radius 3 is 2.57 bits per heavy atom. The lowest BCUT2D eigenvalue weighted by molar-refractivity contribution is 0.487. The monoisotopic (exact) mass is 187 g/mol. The van der Waals surface area contributed by atoms with Gasteiger partial charge in [0.25, 0.3) is 0 Å². The molecule has 1 aromatic carbocycles. The van der Waals surface area contributed by atoms with Gasteiger partial charge >= 0.3 is 0 Å². The summed E-state index contributed by atoms with van der Waals surface area (Å²) in [6.07, 6.45) is 6.41. The van der Waals surface area contributed by atoms with Crippen LogP contribution in [0.25, 0.3) is 0 Å². The van der Waals surface area contributed by atoms with Gasteiger partial charge in [0.05, 0.1) is 0 Å². The van der Waals surface area contributed by atoms with Crippen molar-refractivity contribution in [3.05, 3.63) is 35.4 Å². The van der Waals surface area contributed by atoms with Crippen molar-refractivity contribution in [2.45, 2.75) is 25.7 Å². The van der Waals surface area contributed by atoms with Crippen molar-refractivity contribution in [2.24, 2.45) is 5.73 Å². The molecule has 0 amide bonds. The maximum atomic E-state index is 5.59. The summed E-state index contributed by atoms with van der Waals surface area (Å²) in [7, 11) is 0. The number of hydrogen-bond donors (Lipinski definition) is 1. The molecule has 0 aromatic heterocycles. The van der Waals surface area contributed by atoms with Crippen LogP contribution in [0.4, 0.5) is 0 Å². The van der Waals surface area contributed by atoms with E-state index in [0.717, 1.165) is 12.0 Å². The van der Waals surface area contributed by atoms with Crippen molar-refractivity contribution in [1.82, 2.24) is 0 Å². The summed E-state index contributed by atoms with van der Waals surface area (Å²) in [6, 6.07) is 8.06. The lowest BCUT2D eigenvalue weighted by atomic mass is 9.79. The van der Waals surface area contributed by atoms with Gasteiger partial charge in [-0.15, -0.1) is 6.42 Å². The predicted molar refractivity (Wildman–Crippen MR) is 61.1 cm³/mol. The van der Waals surface area contributed by atoms with E-state index in [1.807, 2.05) is 18.2 Å². The lowest BCUT2D eigenvalue weighted by Gasteiger charge is -2.25. The Labute approximate surface area is 86.3 Å². The third kappa shape index (κ3) is 2.16. The van der Waals surface area contributed by atoms with Crippen molar-refractivity contribution in [3.8, 4) is 12.3 Å². The molecule has 2 N–H and O–H groups in total. The Hall–Kier alpha value is -1.26. The molecule has 0 saturated heterocycles. The fraction of sp³-hybridized carbons (Fsp3) is 0.385. The smallest absolute Gasteiger partial charge is 0.0280 e. The highest BCUT2D eigenvalue weighted by atomic mass is 14.5. The van der Waals surface area contributed by atoms with Crippen LogP contribution in [0.1, 0.15) is 31.4 Å². The minimum absolute atomic E-state index is 0.0672. The minimum atomic E-state index is 0.0672. The zero-order chi connectivity index (χ0) is 10.6. The van der Waals surface area contributed by atoms with Crippen LogP contribution in [0.5, 0.6) is 0 Å². The van der Waals surface area contributed by atoms with E-state index in [-0.39, 0.29) is 5.41 Å². The third-order valence-electron chi connectivity index (χ3n) is 2.58. The quantitative estimate of drug-likeness (QED) is 0.722. The van der Waals surface area contributed by atoms with E-state index in [1.165, 1.54) is 5.56 Å². The molecule has 0 heterocycles. The molecule has 0 spiro atoms. The zero-order valence-corrected chi connectivity index (χ0v) is 8.88. The van der Waals surface area contributed by atoms with Gasteiger partial charge < -0.3 is 5.73 Å². The second-order valence-corrected chi connectivity index (χ2v) is 4.11. The maximum absolute atomic E-state index is 5.59. The molecule has 0 bridgehead atoms. The van der Waals surface area contributed by atoms with Gasteiger partial charge in [-0.2, -0.15) is 0 Å². The summed E-state index contributed by atoms with van der Waals surface area (Å²) < 4.78 is 0. The van der Waals surface area contributed by atoms with Gasteiger partial charge in [0, 0.05) is 5.56 Å². The Balaban J connectivity index is 3.12. The van der Waals surface area contributed by atoms with Crippen LogP contribution in [-0.4, -0.2) is 6.54 Å². The molecule has 0 aliphatic rings. The standard InChI is InChI=1S/C13H17N/c1-4-11-7-5-6-8-12(11)13(2,3)9-10-14/h1,5-8H,9-10,14H2,2-3H3. The molecule has 1 heteroatoms. The predicted octanol–water partition coefficient (Wildman–Crippen LogP) is 2.29. The van der Waals surface area contributed by atoms with Crippen molar-refractivity contribution < 1.29 is 0 Å². The summed E-state index contributed by atoms with van der Waals surface area (Å²) in [4.78, 5) is 0. The van der Waals surface area contributed by atoms with Crippen molar-refractivity contribution in [2.75, 3.05) is 6.54 Å². The average molecular weight is 187 g/mol. The largest absolute Gasteiger partial charge is 0.330 e. The van der Waals surface area contributed by atoms with Gasteiger partial charge in [-0.1, -0.05) is 38.0 Å². The first-order valence-corrected chi connectivity index (χ1v) is 4.88. The highest BCUT2D eigenvalue weighted by Crippen LogP contribution is 2.28. The maximum Gasteiger partial charge on any atom is 0.0280 e. The average Bonchev–Trinajstić information content (AvgIpc) is 2.18. The molecule has 0 aliphatic heterocycles. The van der Waals surface area contributed by atoms with E-state index in [1.54, 1.807) is 0 Å². The Kier molecular flexibility index (Phi) is 3.33. The molecule has 0 saturated carbocycles. The molecular weight excluding hydrogens is 170 g/mol. The number of nitrogens with two attached hydrogens (primary N) is 1. The first-order valence-electron chi connectivity index (χ1n) is 4.88. The van der Waals surface area contributed by atoms with E-state index in [2.05, 4.69) is 25.8 Å². The van der Waals surface area contributed by atoms with Crippen LogP contribution in [0.2, 0.25) is 0 Å². The fourth-order valence-corrected chi connectivity index (χ4v) is 1.69.